The topological polar surface area (TPSA) is 78.4 Å². The van der Waals surface area contributed by atoms with Gasteiger partial charge < -0.3 is 10.4 Å². The van der Waals surface area contributed by atoms with Crippen molar-refractivity contribution in [1.29, 1.82) is 0 Å². The Bertz CT molecular complexity index is 424. The third-order valence-electron chi connectivity index (χ3n) is 2.51. The zero-order valence-corrected chi connectivity index (χ0v) is 9.27. The standard InChI is InChI=1S/C12H14N2O3/c15-11(13-9-5-6-9)7-8-1-3-10(4-2-8)14-12(16)17/h1-4,9,14H,5-7H2,(H,13,15)(H,16,17). The number of carbonyl (C=O) groups excluding carboxylic acids is 1. The van der Waals surface area contributed by atoms with Crippen molar-refractivity contribution in [3.63, 3.8) is 0 Å². The van der Waals surface area contributed by atoms with Crippen molar-refractivity contribution in [3.8, 4) is 0 Å². The van der Waals surface area contributed by atoms with Gasteiger partial charge in [0.1, 0.15) is 0 Å². The normalized spacial score (nSPS) is 14.1. The maximum absolute atomic E-state index is 11.5. The highest BCUT2D eigenvalue weighted by Gasteiger charge is 2.22. The van der Waals surface area contributed by atoms with E-state index in [2.05, 4.69) is 10.6 Å². The molecule has 0 unspecified atom stereocenters. The van der Waals surface area contributed by atoms with E-state index < -0.39 is 6.09 Å². The quantitative estimate of drug-likeness (QED) is 0.740. The summed E-state index contributed by atoms with van der Waals surface area (Å²) in [6.07, 6.45) is 1.40. The van der Waals surface area contributed by atoms with E-state index in [1.807, 2.05) is 0 Å². The first kappa shape index (κ1) is 11.4. The third kappa shape index (κ3) is 3.79. The van der Waals surface area contributed by atoms with Crippen LogP contribution >= 0.6 is 0 Å². The van der Waals surface area contributed by atoms with Gasteiger partial charge in [0.2, 0.25) is 5.91 Å². The SMILES string of the molecule is O=C(O)Nc1ccc(CC(=O)NC2CC2)cc1. The predicted molar refractivity (Wildman–Crippen MR) is 63.0 cm³/mol. The van der Waals surface area contributed by atoms with Crippen LogP contribution in [-0.2, 0) is 11.2 Å². The Hall–Kier alpha value is -2.04. The Labute approximate surface area is 98.8 Å². The highest BCUT2D eigenvalue weighted by molar-refractivity contribution is 5.83. The second-order valence-corrected chi connectivity index (χ2v) is 4.15. The lowest BCUT2D eigenvalue weighted by molar-refractivity contribution is -0.120. The van der Waals surface area contributed by atoms with E-state index in [0.29, 0.717) is 18.2 Å². The van der Waals surface area contributed by atoms with Crippen LogP contribution in [0.4, 0.5) is 10.5 Å². The van der Waals surface area contributed by atoms with Gasteiger partial charge in [-0.1, -0.05) is 12.1 Å². The summed E-state index contributed by atoms with van der Waals surface area (Å²) in [5, 5.41) is 13.7. The smallest absolute Gasteiger partial charge is 0.409 e. The molecule has 1 aliphatic rings. The number of rotatable bonds is 4. The average molecular weight is 234 g/mol. The molecule has 1 aliphatic carbocycles. The number of anilines is 1. The molecule has 0 aromatic heterocycles. The van der Waals surface area contributed by atoms with Gasteiger partial charge in [0.25, 0.3) is 0 Å². The summed E-state index contributed by atoms with van der Waals surface area (Å²) in [4.78, 5) is 21.9. The summed E-state index contributed by atoms with van der Waals surface area (Å²) < 4.78 is 0. The Morgan fingerprint density at radius 3 is 2.41 bits per heavy atom. The van der Waals surface area contributed by atoms with Gasteiger partial charge in [0, 0.05) is 11.7 Å². The van der Waals surface area contributed by atoms with Crippen LogP contribution < -0.4 is 10.6 Å². The molecule has 0 spiro atoms. The number of hydrogen-bond donors (Lipinski definition) is 3. The van der Waals surface area contributed by atoms with Crippen LogP contribution in [0.1, 0.15) is 18.4 Å². The Morgan fingerprint density at radius 1 is 1.24 bits per heavy atom. The lowest BCUT2D eigenvalue weighted by atomic mass is 10.1. The molecule has 0 aliphatic heterocycles. The first-order valence-electron chi connectivity index (χ1n) is 5.52. The van der Waals surface area contributed by atoms with Gasteiger partial charge in [0.05, 0.1) is 6.42 Å². The summed E-state index contributed by atoms with van der Waals surface area (Å²) in [6.45, 7) is 0. The number of hydrogen-bond acceptors (Lipinski definition) is 2. The molecule has 0 heterocycles. The van der Waals surface area contributed by atoms with Crippen molar-refractivity contribution >= 4 is 17.7 Å². The molecule has 1 fully saturated rings. The number of benzene rings is 1. The molecule has 3 N–H and O–H groups in total. The maximum Gasteiger partial charge on any atom is 0.409 e. The molecule has 1 aromatic carbocycles. The molecule has 5 heteroatoms. The highest BCUT2D eigenvalue weighted by atomic mass is 16.4. The van der Waals surface area contributed by atoms with Crippen LogP contribution in [0.25, 0.3) is 0 Å². The van der Waals surface area contributed by atoms with Crippen molar-refractivity contribution in [2.24, 2.45) is 0 Å². The maximum atomic E-state index is 11.5. The van der Waals surface area contributed by atoms with Gasteiger partial charge >= 0.3 is 6.09 Å². The summed E-state index contributed by atoms with van der Waals surface area (Å²) in [6, 6.07) is 7.16. The van der Waals surface area contributed by atoms with Crippen molar-refractivity contribution in [3.05, 3.63) is 29.8 Å². The molecule has 0 bridgehead atoms. The molecule has 2 amide bonds. The average Bonchev–Trinajstić information content (AvgIpc) is 3.04. The van der Waals surface area contributed by atoms with Crippen LogP contribution in [0.3, 0.4) is 0 Å². The predicted octanol–water partition coefficient (Wildman–Crippen LogP) is 1.60. The van der Waals surface area contributed by atoms with Crippen LogP contribution in [0, 0.1) is 0 Å². The molecule has 0 atom stereocenters. The Balaban J connectivity index is 1.88. The van der Waals surface area contributed by atoms with E-state index in [-0.39, 0.29) is 5.91 Å². The summed E-state index contributed by atoms with van der Waals surface area (Å²) in [5.74, 6) is 0.0199. The second-order valence-electron chi connectivity index (χ2n) is 4.15. The number of carbonyl (C=O) groups is 2. The third-order valence-corrected chi connectivity index (χ3v) is 2.51. The van der Waals surface area contributed by atoms with Gasteiger partial charge in [0.15, 0.2) is 0 Å². The van der Waals surface area contributed by atoms with E-state index in [1.165, 1.54) is 0 Å². The van der Waals surface area contributed by atoms with Crippen molar-refractivity contribution < 1.29 is 14.7 Å². The lowest BCUT2D eigenvalue weighted by Gasteiger charge is -2.05. The molecule has 17 heavy (non-hydrogen) atoms. The van der Waals surface area contributed by atoms with Gasteiger partial charge in [-0.3, -0.25) is 10.1 Å². The van der Waals surface area contributed by atoms with E-state index in [4.69, 9.17) is 5.11 Å². The molecule has 90 valence electrons. The van der Waals surface area contributed by atoms with E-state index in [1.54, 1.807) is 24.3 Å². The van der Waals surface area contributed by atoms with Gasteiger partial charge in [-0.05, 0) is 30.5 Å². The van der Waals surface area contributed by atoms with Crippen LogP contribution in [-0.4, -0.2) is 23.1 Å². The molecule has 1 saturated carbocycles. The molecule has 2 rings (SSSR count). The minimum Gasteiger partial charge on any atom is -0.465 e. The van der Waals surface area contributed by atoms with Crippen molar-refractivity contribution in [2.45, 2.75) is 25.3 Å². The molecular weight excluding hydrogens is 220 g/mol. The Kier molecular flexibility index (Phi) is 3.27. The summed E-state index contributed by atoms with van der Waals surface area (Å²) in [5.41, 5.74) is 1.38. The number of carboxylic acid groups (broad SMARTS) is 1. The zero-order chi connectivity index (χ0) is 12.3. The molecule has 0 radical (unpaired) electrons. The lowest BCUT2D eigenvalue weighted by Crippen LogP contribution is -2.26. The number of amides is 2. The summed E-state index contributed by atoms with van der Waals surface area (Å²) >= 11 is 0. The number of nitrogens with one attached hydrogen (secondary N) is 2. The first-order valence-corrected chi connectivity index (χ1v) is 5.52. The van der Waals surface area contributed by atoms with Crippen LogP contribution in [0.5, 0.6) is 0 Å². The fraction of sp³-hybridized carbons (Fsp3) is 0.333. The first-order chi connectivity index (χ1) is 8.13. The van der Waals surface area contributed by atoms with Gasteiger partial charge in [-0.15, -0.1) is 0 Å². The van der Waals surface area contributed by atoms with E-state index in [0.717, 1.165) is 18.4 Å². The van der Waals surface area contributed by atoms with Gasteiger partial charge in [-0.25, -0.2) is 4.79 Å². The summed E-state index contributed by atoms with van der Waals surface area (Å²) in [7, 11) is 0. The molecular formula is C12H14N2O3. The monoisotopic (exact) mass is 234 g/mol. The fourth-order valence-electron chi connectivity index (χ4n) is 1.52. The Morgan fingerprint density at radius 2 is 1.88 bits per heavy atom. The van der Waals surface area contributed by atoms with Crippen molar-refractivity contribution in [1.82, 2.24) is 5.32 Å². The van der Waals surface area contributed by atoms with Gasteiger partial charge in [-0.2, -0.15) is 0 Å². The zero-order valence-electron chi connectivity index (χ0n) is 9.27. The van der Waals surface area contributed by atoms with Crippen molar-refractivity contribution in [2.75, 3.05) is 5.32 Å². The van der Waals surface area contributed by atoms with E-state index in [9.17, 15) is 9.59 Å². The minimum atomic E-state index is -1.09. The van der Waals surface area contributed by atoms with E-state index >= 15 is 0 Å². The highest BCUT2D eigenvalue weighted by Crippen LogP contribution is 2.18. The second kappa shape index (κ2) is 4.86. The molecule has 1 aromatic rings. The largest absolute Gasteiger partial charge is 0.465 e. The van der Waals surface area contributed by atoms with Crippen LogP contribution in [0.15, 0.2) is 24.3 Å². The minimum absolute atomic E-state index is 0.0199. The molecule has 5 nitrogen and oxygen atoms in total. The van der Waals surface area contributed by atoms with Crippen LogP contribution in [0.2, 0.25) is 0 Å². The fourth-order valence-corrected chi connectivity index (χ4v) is 1.52. The molecule has 0 saturated heterocycles.